The van der Waals surface area contributed by atoms with Gasteiger partial charge in [-0.2, -0.15) is 0 Å². The lowest BCUT2D eigenvalue weighted by Gasteiger charge is -2.27. The minimum atomic E-state index is -0.351. The van der Waals surface area contributed by atoms with Crippen LogP contribution in [0.15, 0.2) is 29.2 Å². The molecule has 1 fully saturated rings. The molecule has 0 atom stereocenters. The number of carbonyl (C=O) groups excluding carboxylic acids is 1. The number of morpholine rings is 1. The number of nitrogens with zero attached hydrogens (tertiary/aromatic N) is 4. The first kappa shape index (κ1) is 12.5. The maximum atomic E-state index is 12.0. The predicted octanol–water partition coefficient (Wildman–Crippen LogP) is 0.553. The van der Waals surface area contributed by atoms with Crippen LogP contribution < -0.4 is 10.2 Å². The van der Waals surface area contributed by atoms with Crippen LogP contribution in [0.25, 0.3) is 0 Å². The Morgan fingerprint density at radius 3 is 2.90 bits per heavy atom. The van der Waals surface area contributed by atoms with Crippen LogP contribution in [0.5, 0.6) is 0 Å². The average Bonchev–Trinajstić information content (AvgIpc) is 3.01. The van der Waals surface area contributed by atoms with Crippen LogP contribution in [0.4, 0.5) is 11.6 Å². The molecule has 3 rings (SSSR count). The third-order valence-corrected chi connectivity index (χ3v) is 2.90. The van der Waals surface area contributed by atoms with Crippen molar-refractivity contribution in [2.75, 3.05) is 36.5 Å². The molecular formula is C12H13N5O3. The van der Waals surface area contributed by atoms with Crippen molar-refractivity contribution >= 4 is 17.5 Å². The van der Waals surface area contributed by atoms with Crippen molar-refractivity contribution in [3.8, 4) is 0 Å². The van der Waals surface area contributed by atoms with Gasteiger partial charge in [0.25, 0.3) is 5.91 Å². The molecule has 104 valence electrons. The summed E-state index contributed by atoms with van der Waals surface area (Å²) in [5.74, 6) is 0.714. The number of nitrogens with one attached hydrogen (secondary N) is 1. The Morgan fingerprint density at radius 1 is 1.30 bits per heavy atom. The molecule has 8 heteroatoms. The van der Waals surface area contributed by atoms with Crippen molar-refractivity contribution in [3.05, 3.63) is 30.4 Å². The monoisotopic (exact) mass is 275 g/mol. The van der Waals surface area contributed by atoms with E-state index in [4.69, 9.17) is 4.74 Å². The molecule has 2 aromatic heterocycles. The molecule has 1 saturated heterocycles. The largest absolute Gasteiger partial charge is 0.378 e. The van der Waals surface area contributed by atoms with Gasteiger partial charge in [-0.3, -0.25) is 4.79 Å². The molecule has 1 aliphatic rings. The van der Waals surface area contributed by atoms with Crippen molar-refractivity contribution in [1.29, 1.82) is 0 Å². The van der Waals surface area contributed by atoms with Gasteiger partial charge in [-0.15, -0.1) is 0 Å². The molecule has 20 heavy (non-hydrogen) atoms. The van der Waals surface area contributed by atoms with Gasteiger partial charge in [0, 0.05) is 25.2 Å². The first-order valence-corrected chi connectivity index (χ1v) is 6.19. The van der Waals surface area contributed by atoms with Crippen LogP contribution in [0.2, 0.25) is 0 Å². The van der Waals surface area contributed by atoms with Gasteiger partial charge in [0.05, 0.1) is 13.2 Å². The molecule has 1 aliphatic heterocycles. The molecule has 0 bridgehead atoms. The minimum absolute atomic E-state index is 0.282. The Hall–Kier alpha value is -2.48. The number of hydrogen-bond acceptors (Lipinski definition) is 7. The zero-order valence-corrected chi connectivity index (χ0v) is 10.7. The fourth-order valence-electron chi connectivity index (χ4n) is 1.89. The van der Waals surface area contributed by atoms with E-state index in [1.807, 2.05) is 0 Å². The number of anilines is 2. The highest BCUT2D eigenvalue weighted by atomic mass is 16.5. The molecular weight excluding hydrogens is 262 g/mol. The Kier molecular flexibility index (Phi) is 3.55. The number of aromatic nitrogens is 3. The predicted molar refractivity (Wildman–Crippen MR) is 69.5 cm³/mol. The Labute approximate surface area is 114 Å². The third kappa shape index (κ3) is 2.75. The van der Waals surface area contributed by atoms with Gasteiger partial charge in [0.2, 0.25) is 0 Å². The topological polar surface area (TPSA) is 93.4 Å². The van der Waals surface area contributed by atoms with Crippen LogP contribution in [0.1, 0.15) is 10.5 Å². The summed E-state index contributed by atoms with van der Waals surface area (Å²) in [6.07, 6.45) is 2.76. The quantitative estimate of drug-likeness (QED) is 0.874. The second-order valence-corrected chi connectivity index (χ2v) is 4.20. The van der Waals surface area contributed by atoms with E-state index in [9.17, 15) is 4.79 Å². The van der Waals surface area contributed by atoms with E-state index < -0.39 is 0 Å². The Bertz CT molecular complexity index is 581. The second-order valence-electron chi connectivity index (χ2n) is 4.20. The third-order valence-electron chi connectivity index (χ3n) is 2.90. The van der Waals surface area contributed by atoms with Gasteiger partial charge < -0.3 is 19.5 Å². The van der Waals surface area contributed by atoms with Crippen molar-refractivity contribution < 1.29 is 14.1 Å². The summed E-state index contributed by atoms with van der Waals surface area (Å²) < 4.78 is 9.94. The summed E-state index contributed by atoms with van der Waals surface area (Å²) in [6.45, 7) is 2.82. The maximum Gasteiger partial charge on any atom is 0.275 e. The van der Waals surface area contributed by atoms with Crippen LogP contribution in [0, 0.1) is 0 Å². The number of rotatable bonds is 3. The molecule has 0 aromatic carbocycles. The SMILES string of the molecule is O=C(Nc1ccon1)c1cc(N2CCOCC2)ncn1. The van der Waals surface area contributed by atoms with Crippen molar-refractivity contribution in [1.82, 2.24) is 15.1 Å². The Morgan fingerprint density at radius 2 is 2.15 bits per heavy atom. The number of amides is 1. The van der Waals surface area contributed by atoms with E-state index in [0.717, 1.165) is 13.1 Å². The van der Waals surface area contributed by atoms with E-state index in [1.54, 1.807) is 12.1 Å². The smallest absolute Gasteiger partial charge is 0.275 e. The van der Waals surface area contributed by atoms with Gasteiger partial charge in [-0.25, -0.2) is 9.97 Å². The van der Waals surface area contributed by atoms with Gasteiger partial charge >= 0.3 is 0 Å². The van der Waals surface area contributed by atoms with Crippen molar-refractivity contribution in [3.63, 3.8) is 0 Å². The van der Waals surface area contributed by atoms with Gasteiger partial charge in [-0.1, -0.05) is 5.16 Å². The van der Waals surface area contributed by atoms with E-state index in [1.165, 1.54) is 12.6 Å². The number of hydrogen-bond donors (Lipinski definition) is 1. The first-order chi connectivity index (χ1) is 9.83. The maximum absolute atomic E-state index is 12.0. The molecule has 0 radical (unpaired) electrons. The zero-order valence-electron chi connectivity index (χ0n) is 10.7. The lowest BCUT2D eigenvalue weighted by atomic mass is 10.3. The van der Waals surface area contributed by atoms with Gasteiger partial charge in [-0.05, 0) is 0 Å². The van der Waals surface area contributed by atoms with Crippen LogP contribution in [-0.2, 0) is 4.74 Å². The molecule has 0 saturated carbocycles. The van der Waals surface area contributed by atoms with E-state index in [2.05, 4.69) is 29.9 Å². The molecule has 8 nitrogen and oxygen atoms in total. The van der Waals surface area contributed by atoms with Gasteiger partial charge in [0.1, 0.15) is 24.1 Å². The summed E-state index contributed by atoms with van der Waals surface area (Å²) in [5, 5.41) is 6.21. The molecule has 1 N–H and O–H groups in total. The summed E-state index contributed by atoms with van der Waals surface area (Å²) in [6, 6.07) is 3.21. The van der Waals surface area contributed by atoms with Gasteiger partial charge in [0.15, 0.2) is 5.82 Å². The highest BCUT2D eigenvalue weighted by Gasteiger charge is 2.16. The standard InChI is InChI=1S/C12H13N5O3/c18-12(15-10-1-4-20-16-10)9-7-11(14-8-13-9)17-2-5-19-6-3-17/h1,4,7-8H,2-3,5-6H2,(H,15,16,18). The molecule has 0 unspecified atom stereocenters. The zero-order chi connectivity index (χ0) is 13.8. The van der Waals surface area contributed by atoms with Crippen molar-refractivity contribution in [2.45, 2.75) is 0 Å². The van der Waals surface area contributed by atoms with E-state index in [-0.39, 0.29) is 11.6 Å². The molecule has 0 spiro atoms. The first-order valence-electron chi connectivity index (χ1n) is 6.19. The van der Waals surface area contributed by atoms with Crippen molar-refractivity contribution in [2.24, 2.45) is 0 Å². The van der Waals surface area contributed by atoms with E-state index in [0.29, 0.717) is 24.8 Å². The summed E-state index contributed by atoms with van der Waals surface area (Å²) in [4.78, 5) is 22.2. The molecule has 0 aliphatic carbocycles. The molecule has 3 heterocycles. The lowest BCUT2D eigenvalue weighted by molar-refractivity contribution is 0.102. The van der Waals surface area contributed by atoms with Crippen LogP contribution in [-0.4, -0.2) is 47.3 Å². The van der Waals surface area contributed by atoms with Crippen LogP contribution >= 0.6 is 0 Å². The minimum Gasteiger partial charge on any atom is -0.378 e. The Balaban J connectivity index is 1.74. The molecule has 1 amide bonds. The fraction of sp³-hybridized carbons (Fsp3) is 0.333. The number of ether oxygens (including phenoxy) is 1. The highest BCUT2D eigenvalue weighted by molar-refractivity contribution is 6.02. The summed E-state index contributed by atoms with van der Waals surface area (Å²) in [5.41, 5.74) is 0.282. The number of carbonyl (C=O) groups is 1. The summed E-state index contributed by atoms with van der Waals surface area (Å²) in [7, 11) is 0. The highest BCUT2D eigenvalue weighted by Crippen LogP contribution is 2.13. The fourth-order valence-corrected chi connectivity index (χ4v) is 1.89. The average molecular weight is 275 g/mol. The van der Waals surface area contributed by atoms with E-state index >= 15 is 0 Å². The van der Waals surface area contributed by atoms with Crippen LogP contribution in [0.3, 0.4) is 0 Å². The lowest BCUT2D eigenvalue weighted by Crippen LogP contribution is -2.37. The summed E-state index contributed by atoms with van der Waals surface area (Å²) >= 11 is 0. The normalized spacial score (nSPS) is 15.1. The second kappa shape index (κ2) is 5.66. The molecule has 2 aromatic rings.